The first-order valence-electron chi connectivity index (χ1n) is 10.2. The van der Waals surface area contributed by atoms with E-state index in [1.54, 1.807) is 36.4 Å². The van der Waals surface area contributed by atoms with E-state index in [0.29, 0.717) is 37.3 Å². The van der Waals surface area contributed by atoms with Gasteiger partial charge in [0.1, 0.15) is 18.2 Å². The Kier molecular flexibility index (Phi) is 8.62. The highest BCUT2D eigenvalue weighted by Gasteiger charge is 2.15. The fourth-order valence-electron chi connectivity index (χ4n) is 3.08. The summed E-state index contributed by atoms with van der Waals surface area (Å²) in [5, 5.41) is 13.4. The van der Waals surface area contributed by atoms with Gasteiger partial charge in [0.25, 0.3) is 5.91 Å². The summed E-state index contributed by atoms with van der Waals surface area (Å²) >= 11 is 15.7. The van der Waals surface area contributed by atoms with Crippen LogP contribution >= 0.6 is 39.1 Å². The molecule has 0 fully saturated rings. The Hall–Kier alpha value is -2.98. The van der Waals surface area contributed by atoms with Crippen molar-refractivity contribution in [3.8, 4) is 17.6 Å². The van der Waals surface area contributed by atoms with Crippen molar-refractivity contribution in [1.29, 1.82) is 5.26 Å². The Balaban J connectivity index is 1.83. The van der Waals surface area contributed by atoms with Gasteiger partial charge in [-0.1, -0.05) is 35.3 Å². The van der Waals surface area contributed by atoms with Crippen LogP contribution in [0.5, 0.6) is 11.5 Å². The van der Waals surface area contributed by atoms with Crippen molar-refractivity contribution < 1.29 is 14.3 Å². The monoisotopic (exact) mass is 558 g/mol. The summed E-state index contributed by atoms with van der Waals surface area (Å²) in [6, 6.07) is 16.1. The van der Waals surface area contributed by atoms with Gasteiger partial charge < -0.3 is 14.8 Å². The SMILES string of the molecule is COc1cc(/C=C(\C#N)C(=O)Nc2ccc(C)c(C)c2)cc(Br)c1OCc1ccc(Cl)cc1Cl. The molecule has 0 saturated heterocycles. The van der Waals surface area contributed by atoms with Crippen LogP contribution in [0.2, 0.25) is 10.0 Å². The number of anilines is 1. The van der Waals surface area contributed by atoms with Crippen molar-refractivity contribution in [3.63, 3.8) is 0 Å². The molecule has 0 radical (unpaired) electrons. The van der Waals surface area contributed by atoms with Crippen LogP contribution in [-0.4, -0.2) is 13.0 Å². The zero-order valence-corrected chi connectivity index (χ0v) is 21.8. The molecule has 0 unspecified atom stereocenters. The molecule has 0 spiro atoms. The van der Waals surface area contributed by atoms with Crippen LogP contribution in [0, 0.1) is 25.2 Å². The molecule has 1 N–H and O–H groups in total. The number of benzene rings is 3. The first kappa shape index (κ1) is 25.6. The number of hydrogen-bond acceptors (Lipinski definition) is 4. The lowest BCUT2D eigenvalue weighted by Gasteiger charge is -2.14. The van der Waals surface area contributed by atoms with Crippen molar-refractivity contribution in [2.45, 2.75) is 20.5 Å². The van der Waals surface area contributed by atoms with Gasteiger partial charge in [-0.15, -0.1) is 0 Å². The van der Waals surface area contributed by atoms with E-state index >= 15 is 0 Å². The lowest BCUT2D eigenvalue weighted by Crippen LogP contribution is -2.13. The van der Waals surface area contributed by atoms with E-state index in [0.717, 1.165) is 16.7 Å². The number of hydrogen-bond donors (Lipinski definition) is 1. The lowest BCUT2D eigenvalue weighted by molar-refractivity contribution is -0.112. The largest absolute Gasteiger partial charge is 0.493 e. The van der Waals surface area contributed by atoms with Crippen LogP contribution in [-0.2, 0) is 11.4 Å². The Bertz CT molecular complexity index is 1320. The van der Waals surface area contributed by atoms with E-state index in [-0.39, 0.29) is 12.2 Å². The molecule has 0 heterocycles. The standard InChI is InChI=1S/C26H21BrCl2N2O3/c1-15-4-7-21(8-16(15)2)31-26(32)19(13-30)9-17-10-22(27)25(24(11-17)33-3)34-14-18-5-6-20(28)12-23(18)29/h4-12H,14H2,1-3H3,(H,31,32)/b19-9+. The van der Waals surface area contributed by atoms with Gasteiger partial charge >= 0.3 is 0 Å². The highest BCUT2D eigenvalue weighted by molar-refractivity contribution is 9.10. The van der Waals surface area contributed by atoms with Gasteiger partial charge in [0.15, 0.2) is 11.5 Å². The van der Waals surface area contributed by atoms with Crippen LogP contribution in [0.1, 0.15) is 22.3 Å². The number of amides is 1. The average Bonchev–Trinajstić information content (AvgIpc) is 2.79. The number of carbonyl (C=O) groups is 1. The third kappa shape index (κ3) is 6.32. The molecule has 3 rings (SSSR count). The molecule has 0 aromatic heterocycles. The third-order valence-electron chi connectivity index (χ3n) is 5.08. The van der Waals surface area contributed by atoms with E-state index in [1.165, 1.54) is 13.2 Å². The van der Waals surface area contributed by atoms with Crippen molar-refractivity contribution in [3.05, 3.63) is 90.9 Å². The highest BCUT2D eigenvalue weighted by Crippen LogP contribution is 2.38. The van der Waals surface area contributed by atoms with E-state index in [2.05, 4.69) is 21.2 Å². The van der Waals surface area contributed by atoms with Crippen LogP contribution in [0.15, 0.2) is 58.6 Å². The minimum atomic E-state index is -0.501. The summed E-state index contributed by atoms with van der Waals surface area (Å²) in [4.78, 5) is 12.7. The van der Waals surface area contributed by atoms with E-state index in [4.69, 9.17) is 32.7 Å². The maximum absolute atomic E-state index is 12.7. The molecule has 34 heavy (non-hydrogen) atoms. The Labute approximate surface area is 217 Å². The molecule has 0 aliphatic carbocycles. The molecular formula is C26H21BrCl2N2O3. The molecule has 0 atom stereocenters. The number of rotatable bonds is 7. The molecule has 0 saturated carbocycles. The Morgan fingerprint density at radius 1 is 1.12 bits per heavy atom. The number of aryl methyl sites for hydroxylation is 2. The molecule has 3 aromatic carbocycles. The van der Waals surface area contributed by atoms with Crippen molar-refractivity contribution in [2.24, 2.45) is 0 Å². The maximum Gasteiger partial charge on any atom is 0.266 e. The van der Waals surface area contributed by atoms with Crippen molar-refractivity contribution in [2.75, 3.05) is 12.4 Å². The number of nitriles is 1. The Morgan fingerprint density at radius 2 is 1.88 bits per heavy atom. The third-order valence-corrected chi connectivity index (χ3v) is 6.26. The summed E-state index contributed by atoms with van der Waals surface area (Å²) in [7, 11) is 1.51. The first-order valence-corrected chi connectivity index (χ1v) is 11.7. The molecule has 174 valence electrons. The molecular weight excluding hydrogens is 539 g/mol. The number of carbonyl (C=O) groups excluding carboxylic acids is 1. The minimum Gasteiger partial charge on any atom is -0.493 e. The van der Waals surface area contributed by atoms with Crippen LogP contribution in [0.4, 0.5) is 5.69 Å². The fourth-order valence-corrected chi connectivity index (χ4v) is 4.12. The van der Waals surface area contributed by atoms with Crippen molar-refractivity contribution in [1.82, 2.24) is 0 Å². The summed E-state index contributed by atoms with van der Waals surface area (Å²) < 4.78 is 12.0. The summed E-state index contributed by atoms with van der Waals surface area (Å²) in [6.45, 7) is 4.15. The predicted molar refractivity (Wildman–Crippen MR) is 140 cm³/mol. The minimum absolute atomic E-state index is 0.0474. The number of halogens is 3. The highest BCUT2D eigenvalue weighted by atomic mass is 79.9. The second-order valence-corrected chi connectivity index (χ2v) is 9.18. The van der Waals surface area contributed by atoms with E-state index in [9.17, 15) is 10.1 Å². The topological polar surface area (TPSA) is 71.3 Å². The van der Waals surface area contributed by atoms with Crippen LogP contribution in [0.25, 0.3) is 6.08 Å². The second kappa shape index (κ2) is 11.4. The van der Waals surface area contributed by atoms with Gasteiger partial charge in [-0.25, -0.2) is 0 Å². The summed E-state index contributed by atoms with van der Waals surface area (Å²) in [6.07, 6.45) is 1.49. The number of methoxy groups -OCH3 is 1. The molecule has 3 aromatic rings. The fraction of sp³-hybridized carbons (Fsp3) is 0.154. The lowest BCUT2D eigenvalue weighted by atomic mass is 10.1. The predicted octanol–water partition coefficient (Wildman–Crippen LogP) is 7.51. The van der Waals surface area contributed by atoms with Gasteiger partial charge in [-0.2, -0.15) is 5.26 Å². The Morgan fingerprint density at radius 3 is 2.53 bits per heavy atom. The number of ether oxygens (including phenoxy) is 2. The summed E-state index contributed by atoms with van der Waals surface area (Å²) in [5.74, 6) is 0.389. The summed E-state index contributed by atoms with van der Waals surface area (Å²) in [5.41, 5.74) is 4.09. The zero-order chi connectivity index (χ0) is 24.8. The van der Waals surface area contributed by atoms with Crippen LogP contribution < -0.4 is 14.8 Å². The van der Waals surface area contributed by atoms with E-state index in [1.807, 2.05) is 32.0 Å². The number of nitrogens with one attached hydrogen (secondary N) is 1. The molecule has 0 bridgehead atoms. The van der Waals surface area contributed by atoms with Gasteiger partial charge in [0.2, 0.25) is 0 Å². The van der Waals surface area contributed by atoms with Gasteiger partial charge in [-0.3, -0.25) is 4.79 Å². The molecule has 1 amide bonds. The number of nitrogens with zero attached hydrogens (tertiary/aromatic N) is 1. The van der Waals surface area contributed by atoms with Crippen molar-refractivity contribution >= 4 is 56.8 Å². The normalized spacial score (nSPS) is 11.0. The smallest absolute Gasteiger partial charge is 0.266 e. The maximum atomic E-state index is 12.7. The first-order chi connectivity index (χ1) is 16.2. The molecule has 0 aliphatic heterocycles. The quantitative estimate of drug-likeness (QED) is 0.240. The van der Waals surface area contributed by atoms with Gasteiger partial charge in [0, 0.05) is 21.3 Å². The van der Waals surface area contributed by atoms with Gasteiger partial charge in [0.05, 0.1) is 11.6 Å². The second-order valence-electron chi connectivity index (χ2n) is 7.48. The average molecular weight is 560 g/mol. The molecule has 5 nitrogen and oxygen atoms in total. The molecule has 0 aliphatic rings. The van der Waals surface area contributed by atoms with Crippen LogP contribution in [0.3, 0.4) is 0 Å². The zero-order valence-electron chi connectivity index (χ0n) is 18.7. The molecule has 8 heteroatoms. The van der Waals surface area contributed by atoms with E-state index < -0.39 is 5.91 Å². The van der Waals surface area contributed by atoms with Gasteiger partial charge in [-0.05, 0) is 88.9 Å².